The van der Waals surface area contributed by atoms with E-state index in [1.165, 1.54) is 11.1 Å². The van der Waals surface area contributed by atoms with Crippen LogP contribution in [0.1, 0.15) is 11.1 Å². The highest BCUT2D eigenvalue weighted by atomic mass is 15.1. The predicted molar refractivity (Wildman–Crippen MR) is 95.0 cm³/mol. The fourth-order valence-electron chi connectivity index (χ4n) is 2.50. The number of nitrogens with zero attached hydrogens (tertiary/aromatic N) is 1. The minimum absolute atomic E-state index is 0.765. The highest BCUT2D eigenvalue weighted by Gasteiger charge is 2.12. The van der Waals surface area contributed by atoms with Crippen LogP contribution in [0.25, 0.3) is 0 Å². The summed E-state index contributed by atoms with van der Waals surface area (Å²) < 4.78 is 0. The molecule has 0 aliphatic heterocycles. The van der Waals surface area contributed by atoms with Crippen LogP contribution >= 0.6 is 0 Å². The monoisotopic (exact) mass is 288 g/mol. The lowest BCUT2D eigenvalue weighted by molar-refractivity contribution is 1.27. The molecule has 0 aliphatic carbocycles. The zero-order valence-electron chi connectivity index (χ0n) is 13.0. The summed E-state index contributed by atoms with van der Waals surface area (Å²) >= 11 is 0. The van der Waals surface area contributed by atoms with E-state index in [4.69, 9.17) is 5.73 Å². The summed E-state index contributed by atoms with van der Waals surface area (Å²) in [6, 6.07) is 25.0. The summed E-state index contributed by atoms with van der Waals surface area (Å²) in [4.78, 5) is 2.22. The van der Waals surface area contributed by atoms with Crippen molar-refractivity contribution in [3.63, 3.8) is 0 Å². The first-order valence-electron chi connectivity index (χ1n) is 7.42. The van der Waals surface area contributed by atoms with Crippen molar-refractivity contribution in [3.8, 4) is 0 Å². The van der Waals surface area contributed by atoms with Crippen LogP contribution < -0.4 is 10.6 Å². The maximum absolute atomic E-state index is 5.97. The van der Waals surface area contributed by atoms with Crippen LogP contribution in [-0.2, 0) is 0 Å². The van der Waals surface area contributed by atoms with Gasteiger partial charge in [-0.1, -0.05) is 41.5 Å². The molecule has 0 amide bonds. The van der Waals surface area contributed by atoms with E-state index in [1.54, 1.807) is 0 Å². The Morgan fingerprint density at radius 1 is 0.636 bits per heavy atom. The molecular weight excluding hydrogens is 268 g/mol. The predicted octanol–water partition coefficient (Wildman–Crippen LogP) is 5.36. The van der Waals surface area contributed by atoms with E-state index in [9.17, 15) is 0 Å². The molecule has 110 valence electrons. The molecule has 2 N–H and O–H groups in total. The first-order chi connectivity index (χ1) is 10.6. The van der Waals surface area contributed by atoms with Crippen molar-refractivity contribution in [3.05, 3.63) is 83.9 Å². The minimum atomic E-state index is 0.765. The first-order valence-corrected chi connectivity index (χ1v) is 7.42. The molecule has 3 aromatic carbocycles. The second kappa shape index (κ2) is 5.94. The van der Waals surface area contributed by atoms with E-state index in [0.717, 1.165) is 22.7 Å². The van der Waals surface area contributed by atoms with E-state index >= 15 is 0 Å². The van der Waals surface area contributed by atoms with Crippen molar-refractivity contribution < 1.29 is 0 Å². The van der Waals surface area contributed by atoms with E-state index in [-0.39, 0.29) is 0 Å². The molecule has 0 bridgehead atoms. The van der Waals surface area contributed by atoms with Crippen molar-refractivity contribution in [2.45, 2.75) is 13.8 Å². The van der Waals surface area contributed by atoms with Crippen LogP contribution in [0.15, 0.2) is 72.8 Å². The number of nitrogens with two attached hydrogens (primary N) is 1. The Labute approximate surface area is 131 Å². The van der Waals surface area contributed by atoms with Gasteiger partial charge in [0.2, 0.25) is 0 Å². The molecule has 0 saturated heterocycles. The van der Waals surface area contributed by atoms with Crippen molar-refractivity contribution in [2.75, 3.05) is 10.6 Å². The van der Waals surface area contributed by atoms with Crippen LogP contribution in [0.3, 0.4) is 0 Å². The van der Waals surface area contributed by atoms with Gasteiger partial charge in [0, 0.05) is 22.7 Å². The summed E-state index contributed by atoms with van der Waals surface area (Å²) in [6.07, 6.45) is 0. The Morgan fingerprint density at radius 3 is 1.59 bits per heavy atom. The SMILES string of the molecule is Cc1ccc(N(c2ccc(C)cc2)c2cccc(N)c2)cc1. The lowest BCUT2D eigenvalue weighted by Crippen LogP contribution is -2.10. The average molecular weight is 288 g/mol. The van der Waals surface area contributed by atoms with Gasteiger partial charge < -0.3 is 10.6 Å². The van der Waals surface area contributed by atoms with Gasteiger partial charge in [-0.15, -0.1) is 0 Å². The van der Waals surface area contributed by atoms with Crippen molar-refractivity contribution in [2.24, 2.45) is 0 Å². The summed E-state index contributed by atoms with van der Waals surface area (Å²) in [5, 5.41) is 0. The zero-order valence-corrected chi connectivity index (χ0v) is 13.0. The Bertz CT molecular complexity index is 713. The van der Waals surface area contributed by atoms with E-state index in [2.05, 4.69) is 73.3 Å². The van der Waals surface area contributed by atoms with E-state index in [1.807, 2.05) is 18.2 Å². The third-order valence-electron chi connectivity index (χ3n) is 3.71. The number of aryl methyl sites for hydroxylation is 2. The third-order valence-corrected chi connectivity index (χ3v) is 3.71. The first kappa shape index (κ1) is 14.2. The Morgan fingerprint density at radius 2 is 1.14 bits per heavy atom. The fourth-order valence-corrected chi connectivity index (χ4v) is 2.50. The highest BCUT2D eigenvalue weighted by Crippen LogP contribution is 2.35. The third kappa shape index (κ3) is 2.96. The minimum Gasteiger partial charge on any atom is -0.399 e. The van der Waals surface area contributed by atoms with Gasteiger partial charge in [0.05, 0.1) is 0 Å². The maximum Gasteiger partial charge on any atom is 0.0482 e. The largest absolute Gasteiger partial charge is 0.399 e. The topological polar surface area (TPSA) is 29.3 Å². The van der Waals surface area contributed by atoms with Gasteiger partial charge in [-0.3, -0.25) is 0 Å². The van der Waals surface area contributed by atoms with Gasteiger partial charge in [-0.25, -0.2) is 0 Å². The summed E-state index contributed by atoms with van der Waals surface area (Å²) in [5.41, 5.74) is 12.6. The van der Waals surface area contributed by atoms with Gasteiger partial charge in [-0.05, 0) is 56.3 Å². The lowest BCUT2D eigenvalue weighted by Gasteiger charge is -2.26. The quantitative estimate of drug-likeness (QED) is 0.658. The molecule has 0 aliphatic rings. The van der Waals surface area contributed by atoms with Crippen LogP contribution in [0, 0.1) is 13.8 Å². The Hall–Kier alpha value is -2.74. The number of hydrogen-bond donors (Lipinski definition) is 1. The van der Waals surface area contributed by atoms with Crippen molar-refractivity contribution >= 4 is 22.7 Å². The number of anilines is 4. The molecular formula is C20H20N2. The Balaban J connectivity index is 2.13. The molecule has 2 nitrogen and oxygen atoms in total. The molecule has 0 unspecified atom stereocenters. The molecule has 0 radical (unpaired) electrons. The second-order valence-corrected chi connectivity index (χ2v) is 5.60. The second-order valence-electron chi connectivity index (χ2n) is 5.60. The van der Waals surface area contributed by atoms with E-state index in [0.29, 0.717) is 0 Å². The normalized spacial score (nSPS) is 10.5. The number of hydrogen-bond acceptors (Lipinski definition) is 2. The van der Waals surface area contributed by atoms with Crippen LogP contribution in [-0.4, -0.2) is 0 Å². The summed E-state index contributed by atoms with van der Waals surface area (Å²) in [5.74, 6) is 0. The summed E-state index contributed by atoms with van der Waals surface area (Å²) in [7, 11) is 0. The number of nitrogen functional groups attached to an aromatic ring is 1. The maximum atomic E-state index is 5.97. The van der Waals surface area contributed by atoms with Gasteiger partial charge >= 0.3 is 0 Å². The molecule has 0 saturated carbocycles. The van der Waals surface area contributed by atoms with Gasteiger partial charge in [0.15, 0.2) is 0 Å². The van der Waals surface area contributed by atoms with E-state index < -0.39 is 0 Å². The smallest absolute Gasteiger partial charge is 0.0482 e. The van der Waals surface area contributed by atoms with Crippen molar-refractivity contribution in [1.29, 1.82) is 0 Å². The molecule has 0 heterocycles. The molecule has 0 atom stereocenters. The lowest BCUT2D eigenvalue weighted by atomic mass is 10.1. The number of rotatable bonds is 3. The van der Waals surface area contributed by atoms with Crippen LogP contribution in [0.2, 0.25) is 0 Å². The fraction of sp³-hybridized carbons (Fsp3) is 0.100. The zero-order chi connectivity index (χ0) is 15.5. The van der Waals surface area contributed by atoms with Crippen LogP contribution in [0.5, 0.6) is 0 Å². The summed E-state index contributed by atoms with van der Waals surface area (Å²) in [6.45, 7) is 4.20. The number of benzene rings is 3. The standard InChI is InChI=1S/C20H20N2/c1-15-6-10-18(11-7-15)22(19-12-8-16(2)9-13-19)20-5-3-4-17(21)14-20/h3-14H,21H2,1-2H3. The Kier molecular flexibility index (Phi) is 3.84. The molecule has 3 rings (SSSR count). The molecule has 2 heteroatoms. The molecule has 0 fully saturated rings. The van der Waals surface area contributed by atoms with Gasteiger partial charge in [0.1, 0.15) is 0 Å². The molecule has 0 spiro atoms. The van der Waals surface area contributed by atoms with Gasteiger partial charge in [-0.2, -0.15) is 0 Å². The molecule has 3 aromatic rings. The molecule has 22 heavy (non-hydrogen) atoms. The van der Waals surface area contributed by atoms with Gasteiger partial charge in [0.25, 0.3) is 0 Å². The highest BCUT2D eigenvalue weighted by molar-refractivity contribution is 5.78. The average Bonchev–Trinajstić information content (AvgIpc) is 2.51. The van der Waals surface area contributed by atoms with Crippen molar-refractivity contribution in [1.82, 2.24) is 0 Å². The van der Waals surface area contributed by atoms with Crippen LogP contribution in [0.4, 0.5) is 22.7 Å². The molecule has 0 aromatic heterocycles.